The molecule has 1 aromatic heterocycles. The van der Waals surface area contributed by atoms with Gasteiger partial charge < -0.3 is 4.90 Å². The molecule has 0 aliphatic carbocycles. The fraction of sp³-hybridized carbons (Fsp3) is 0.217. The molecule has 1 heterocycles. The maximum Gasteiger partial charge on any atom is 0.416 e. The SMILES string of the molecule is CS(=O)(=O)CCN(C(=O)c1cc(C(F)(F)F)cc(C(F)(F)F)c1)c1cnccc1-c1ccccc1Cl. The average molecular weight is 551 g/mol. The lowest BCUT2D eigenvalue weighted by molar-refractivity contribution is -0.143. The van der Waals surface area contributed by atoms with Gasteiger partial charge in [0.2, 0.25) is 0 Å². The number of carbonyl (C=O) groups excluding carboxylic acids is 1. The van der Waals surface area contributed by atoms with Crippen molar-refractivity contribution in [2.24, 2.45) is 0 Å². The summed E-state index contributed by atoms with van der Waals surface area (Å²) < 4.78 is 104. The molecule has 13 heteroatoms. The van der Waals surface area contributed by atoms with Crippen LogP contribution in [0.25, 0.3) is 11.1 Å². The molecular weight excluding hydrogens is 534 g/mol. The number of hydrogen-bond acceptors (Lipinski definition) is 4. The van der Waals surface area contributed by atoms with Crippen LogP contribution in [0.5, 0.6) is 0 Å². The van der Waals surface area contributed by atoms with E-state index < -0.39 is 57.1 Å². The molecular formula is C23H17ClF6N2O3S. The lowest BCUT2D eigenvalue weighted by Crippen LogP contribution is -2.36. The molecule has 0 N–H and O–H groups in total. The van der Waals surface area contributed by atoms with Crippen LogP contribution in [-0.4, -0.2) is 37.9 Å². The van der Waals surface area contributed by atoms with Crippen molar-refractivity contribution < 1.29 is 39.6 Å². The van der Waals surface area contributed by atoms with E-state index in [9.17, 15) is 39.6 Å². The third kappa shape index (κ3) is 6.55. The van der Waals surface area contributed by atoms with Gasteiger partial charge in [-0.3, -0.25) is 9.78 Å². The molecule has 192 valence electrons. The highest BCUT2D eigenvalue weighted by atomic mass is 35.5. The first-order chi connectivity index (χ1) is 16.6. The van der Waals surface area contributed by atoms with Crippen LogP contribution in [0.2, 0.25) is 5.02 Å². The third-order valence-electron chi connectivity index (χ3n) is 5.02. The van der Waals surface area contributed by atoms with Crippen LogP contribution in [0.15, 0.2) is 60.9 Å². The van der Waals surface area contributed by atoms with Crippen LogP contribution in [-0.2, 0) is 22.2 Å². The molecule has 0 radical (unpaired) electrons. The molecule has 0 fully saturated rings. The van der Waals surface area contributed by atoms with E-state index in [4.69, 9.17) is 11.6 Å². The molecule has 1 amide bonds. The summed E-state index contributed by atoms with van der Waals surface area (Å²) in [4.78, 5) is 18.1. The predicted octanol–water partition coefficient (Wildman–Crippen LogP) is 6.13. The second-order valence-corrected chi connectivity index (χ2v) is 10.4. The van der Waals surface area contributed by atoms with Gasteiger partial charge in [0.1, 0.15) is 9.84 Å². The molecule has 0 saturated carbocycles. The number of nitrogens with zero attached hydrogens (tertiary/aromatic N) is 2. The number of anilines is 1. The van der Waals surface area contributed by atoms with E-state index in [0.717, 1.165) is 17.4 Å². The number of carbonyl (C=O) groups is 1. The topological polar surface area (TPSA) is 67.3 Å². The summed E-state index contributed by atoms with van der Waals surface area (Å²) in [6.07, 6.45) is -6.99. The van der Waals surface area contributed by atoms with Crippen LogP contribution < -0.4 is 4.90 Å². The zero-order chi connectivity index (χ0) is 26.9. The second kappa shape index (κ2) is 10.1. The van der Waals surface area contributed by atoms with E-state index in [2.05, 4.69) is 4.98 Å². The van der Waals surface area contributed by atoms with Gasteiger partial charge >= 0.3 is 12.4 Å². The molecule has 0 aliphatic heterocycles. The zero-order valence-electron chi connectivity index (χ0n) is 18.4. The predicted molar refractivity (Wildman–Crippen MR) is 123 cm³/mol. The van der Waals surface area contributed by atoms with E-state index in [-0.39, 0.29) is 34.5 Å². The highest BCUT2D eigenvalue weighted by Crippen LogP contribution is 2.38. The third-order valence-corrected chi connectivity index (χ3v) is 6.27. The number of alkyl halides is 6. The molecule has 3 rings (SSSR count). The summed E-state index contributed by atoms with van der Waals surface area (Å²) in [6, 6.07) is 8.27. The van der Waals surface area contributed by atoms with Gasteiger partial charge in [0, 0.05) is 40.7 Å². The lowest BCUT2D eigenvalue weighted by Gasteiger charge is -2.26. The van der Waals surface area contributed by atoms with Crippen molar-refractivity contribution in [2.75, 3.05) is 23.5 Å². The summed E-state index contributed by atoms with van der Waals surface area (Å²) in [7, 11) is -3.69. The van der Waals surface area contributed by atoms with Gasteiger partial charge in [-0.05, 0) is 30.3 Å². The Morgan fingerprint density at radius 1 is 0.944 bits per heavy atom. The van der Waals surface area contributed by atoms with Crippen molar-refractivity contribution >= 4 is 33.0 Å². The molecule has 0 unspecified atom stereocenters. The van der Waals surface area contributed by atoms with E-state index in [1.807, 2.05) is 0 Å². The van der Waals surface area contributed by atoms with E-state index in [0.29, 0.717) is 5.56 Å². The number of benzene rings is 2. The van der Waals surface area contributed by atoms with Crippen LogP contribution in [0.1, 0.15) is 21.5 Å². The summed E-state index contributed by atoms with van der Waals surface area (Å²) in [5.41, 5.74) is -3.69. The van der Waals surface area contributed by atoms with Crippen molar-refractivity contribution in [3.05, 3.63) is 82.6 Å². The summed E-state index contributed by atoms with van der Waals surface area (Å²) in [5, 5.41) is 0.235. The van der Waals surface area contributed by atoms with Crippen LogP contribution in [0, 0.1) is 0 Å². The van der Waals surface area contributed by atoms with Crippen LogP contribution >= 0.6 is 11.6 Å². The standard InChI is InChI=1S/C23H17ClF6N2O3S/c1-36(34,35)9-8-32(20-13-31-7-6-18(20)17-4-2-3-5-19(17)24)21(33)14-10-15(22(25,26)27)12-16(11-14)23(28,29)30/h2-7,10-13H,8-9H2,1H3. The molecule has 0 bridgehead atoms. The van der Waals surface area contributed by atoms with Gasteiger partial charge in [0.05, 0.1) is 28.8 Å². The maximum atomic E-state index is 13.4. The molecule has 5 nitrogen and oxygen atoms in total. The van der Waals surface area contributed by atoms with Crippen LogP contribution in [0.4, 0.5) is 32.0 Å². The normalized spacial score (nSPS) is 12.4. The van der Waals surface area contributed by atoms with Crippen molar-refractivity contribution in [3.63, 3.8) is 0 Å². The van der Waals surface area contributed by atoms with Gasteiger partial charge in [-0.2, -0.15) is 26.3 Å². The summed E-state index contributed by atoms with van der Waals surface area (Å²) >= 11 is 6.25. The highest BCUT2D eigenvalue weighted by Gasteiger charge is 2.38. The van der Waals surface area contributed by atoms with Crippen molar-refractivity contribution in [2.45, 2.75) is 12.4 Å². The Kier molecular flexibility index (Phi) is 7.70. The van der Waals surface area contributed by atoms with Crippen LogP contribution in [0.3, 0.4) is 0 Å². The number of sulfone groups is 1. The summed E-state index contributed by atoms with van der Waals surface area (Å²) in [6.45, 7) is -0.571. The van der Waals surface area contributed by atoms with Gasteiger partial charge in [0.15, 0.2) is 0 Å². The number of aromatic nitrogens is 1. The maximum absolute atomic E-state index is 13.4. The average Bonchev–Trinajstić information content (AvgIpc) is 2.77. The Morgan fingerprint density at radius 2 is 1.53 bits per heavy atom. The minimum Gasteiger partial charge on any atom is -0.305 e. The van der Waals surface area contributed by atoms with E-state index in [1.165, 1.54) is 18.3 Å². The Hall–Kier alpha value is -3.12. The van der Waals surface area contributed by atoms with Crippen molar-refractivity contribution in [3.8, 4) is 11.1 Å². The van der Waals surface area contributed by atoms with Crippen molar-refractivity contribution in [1.82, 2.24) is 4.98 Å². The zero-order valence-corrected chi connectivity index (χ0v) is 19.9. The second-order valence-electron chi connectivity index (χ2n) is 7.75. The molecule has 0 saturated heterocycles. The number of halogens is 7. The molecule has 36 heavy (non-hydrogen) atoms. The van der Waals surface area contributed by atoms with Gasteiger partial charge in [-0.15, -0.1) is 0 Å². The Bertz CT molecular complexity index is 1360. The molecule has 0 aliphatic rings. The minimum absolute atomic E-state index is 0.0507. The minimum atomic E-state index is -5.18. The van der Waals surface area contributed by atoms with Gasteiger partial charge in [0.25, 0.3) is 5.91 Å². The fourth-order valence-corrected chi connectivity index (χ4v) is 4.08. The quantitative estimate of drug-likeness (QED) is 0.346. The molecule has 0 atom stereocenters. The Morgan fingerprint density at radius 3 is 2.06 bits per heavy atom. The Labute approximate surface area is 207 Å². The number of amides is 1. The number of rotatable bonds is 6. The smallest absolute Gasteiger partial charge is 0.305 e. The fourth-order valence-electron chi connectivity index (χ4n) is 3.33. The van der Waals surface area contributed by atoms with Crippen molar-refractivity contribution in [1.29, 1.82) is 0 Å². The van der Waals surface area contributed by atoms with Gasteiger partial charge in [-0.25, -0.2) is 8.42 Å². The monoisotopic (exact) mass is 550 g/mol. The first-order valence-electron chi connectivity index (χ1n) is 10.1. The molecule has 3 aromatic rings. The summed E-state index contributed by atoms with van der Waals surface area (Å²) in [5.74, 6) is -1.91. The highest BCUT2D eigenvalue weighted by molar-refractivity contribution is 7.90. The first kappa shape index (κ1) is 27.5. The molecule has 2 aromatic carbocycles. The lowest BCUT2D eigenvalue weighted by atomic mass is 10.0. The number of hydrogen-bond donors (Lipinski definition) is 0. The number of pyridine rings is 1. The largest absolute Gasteiger partial charge is 0.416 e. The van der Waals surface area contributed by atoms with E-state index >= 15 is 0 Å². The Balaban J connectivity index is 2.23. The van der Waals surface area contributed by atoms with Gasteiger partial charge in [-0.1, -0.05) is 29.8 Å². The molecule has 0 spiro atoms. The van der Waals surface area contributed by atoms with E-state index in [1.54, 1.807) is 18.2 Å². The first-order valence-corrected chi connectivity index (χ1v) is 12.5.